The number of hydrogen-bond acceptors (Lipinski definition) is 4. The van der Waals surface area contributed by atoms with Gasteiger partial charge in [0.1, 0.15) is 0 Å². The van der Waals surface area contributed by atoms with Crippen LogP contribution in [-0.2, 0) is 16.0 Å². The molecule has 15 heavy (non-hydrogen) atoms. The van der Waals surface area contributed by atoms with Crippen molar-refractivity contribution in [3.8, 4) is 0 Å². The SMILES string of the molecule is COC(=O)ON1CCCc2ccccc21. The van der Waals surface area contributed by atoms with Crippen LogP contribution >= 0.6 is 0 Å². The summed E-state index contributed by atoms with van der Waals surface area (Å²) in [5.74, 6) is 0. The average Bonchev–Trinajstić information content (AvgIpc) is 2.29. The van der Waals surface area contributed by atoms with Crippen LogP contribution in [-0.4, -0.2) is 19.8 Å². The van der Waals surface area contributed by atoms with E-state index in [9.17, 15) is 4.79 Å². The summed E-state index contributed by atoms with van der Waals surface area (Å²) in [5, 5.41) is 1.59. The largest absolute Gasteiger partial charge is 0.533 e. The molecule has 0 atom stereocenters. The second-order valence-corrected chi connectivity index (χ2v) is 3.38. The normalized spacial score (nSPS) is 14.3. The summed E-state index contributed by atoms with van der Waals surface area (Å²) in [6, 6.07) is 7.90. The van der Waals surface area contributed by atoms with E-state index in [2.05, 4.69) is 4.74 Å². The van der Waals surface area contributed by atoms with Crippen LogP contribution in [0.3, 0.4) is 0 Å². The number of ether oxygens (including phenoxy) is 1. The number of anilines is 1. The molecular weight excluding hydrogens is 194 g/mol. The molecule has 0 amide bonds. The van der Waals surface area contributed by atoms with Crippen LogP contribution in [0, 0.1) is 0 Å². The maximum atomic E-state index is 11.0. The first-order chi connectivity index (χ1) is 7.31. The smallest absolute Gasteiger partial charge is 0.436 e. The van der Waals surface area contributed by atoms with E-state index in [1.807, 2.05) is 24.3 Å². The molecule has 0 bridgehead atoms. The van der Waals surface area contributed by atoms with Gasteiger partial charge in [0.2, 0.25) is 0 Å². The quantitative estimate of drug-likeness (QED) is 0.661. The summed E-state index contributed by atoms with van der Waals surface area (Å²) in [6.45, 7) is 0.714. The fourth-order valence-electron chi connectivity index (χ4n) is 1.72. The zero-order valence-corrected chi connectivity index (χ0v) is 8.60. The number of carbonyl (C=O) groups is 1. The molecule has 1 aromatic rings. The highest BCUT2D eigenvalue weighted by atomic mass is 16.8. The average molecular weight is 207 g/mol. The van der Waals surface area contributed by atoms with Crippen LogP contribution in [0.1, 0.15) is 12.0 Å². The third kappa shape index (κ3) is 2.03. The van der Waals surface area contributed by atoms with Crippen molar-refractivity contribution in [2.24, 2.45) is 0 Å². The van der Waals surface area contributed by atoms with Gasteiger partial charge in [0.05, 0.1) is 19.3 Å². The highest BCUT2D eigenvalue weighted by Crippen LogP contribution is 2.26. The van der Waals surface area contributed by atoms with Crippen LogP contribution in [0.4, 0.5) is 10.5 Å². The van der Waals surface area contributed by atoms with Crippen LogP contribution < -0.4 is 5.06 Å². The lowest BCUT2D eigenvalue weighted by Gasteiger charge is -2.28. The van der Waals surface area contributed by atoms with Gasteiger partial charge in [-0.15, -0.1) is 0 Å². The molecule has 1 aliphatic heterocycles. The Morgan fingerprint density at radius 3 is 3.00 bits per heavy atom. The molecule has 0 saturated heterocycles. The lowest BCUT2D eigenvalue weighted by molar-refractivity contribution is 0.0610. The van der Waals surface area contributed by atoms with Crippen LogP contribution in [0.25, 0.3) is 0 Å². The standard InChI is InChI=1S/C11H13NO3/c1-14-11(13)15-12-8-4-6-9-5-2-3-7-10(9)12/h2-3,5,7H,4,6,8H2,1H3. The van der Waals surface area contributed by atoms with Crippen molar-refractivity contribution in [3.63, 3.8) is 0 Å². The van der Waals surface area contributed by atoms with E-state index >= 15 is 0 Å². The number of para-hydroxylation sites is 1. The van der Waals surface area contributed by atoms with Crippen molar-refractivity contribution in [2.75, 3.05) is 18.7 Å². The molecule has 0 unspecified atom stereocenters. The van der Waals surface area contributed by atoms with Crippen LogP contribution in [0.2, 0.25) is 0 Å². The Morgan fingerprint density at radius 2 is 2.20 bits per heavy atom. The Kier molecular flexibility index (Phi) is 2.76. The summed E-state index contributed by atoms with van der Waals surface area (Å²) in [6.07, 6.45) is 1.33. The molecule has 0 spiro atoms. The number of benzene rings is 1. The Labute approximate surface area is 88.4 Å². The predicted octanol–water partition coefficient (Wildman–Crippen LogP) is 2.14. The Morgan fingerprint density at radius 1 is 1.40 bits per heavy atom. The van der Waals surface area contributed by atoms with Crippen molar-refractivity contribution in [3.05, 3.63) is 29.8 Å². The molecule has 1 aromatic carbocycles. The lowest BCUT2D eigenvalue weighted by Crippen LogP contribution is -2.32. The third-order valence-corrected chi connectivity index (χ3v) is 2.42. The first kappa shape index (κ1) is 9.83. The molecule has 0 saturated carbocycles. The van der Waals surface area contributed by atoms with Gasteiger partial charge in [-0.1, -0.05) is 18.2 Å². The number of methoxy groups -OCH3 is 1. The summed E-state index contributed by atoms with van der Waals surface area (Å²) in [5.41, 5.74) is 2.15. The molecular formula is C11H13NO3. The third-order valence-electron chi connectivity index (χ3n) is 2.42. The molecule has 80 valence electrons. The van der Waals surface area contributed by atoms with Gasteiger partial charge in [-0.3, -0.25) is 0 Å². The Hall–Kier alpha value is -1.71. The van der Waals surface area contributed by atoms with Crippen molar-refractivity contribution in [2.45, 2.75) is 12.8 Å². The van der Waals surface area contributed by atoms with Gasteiger partial charge in [0, 0.05) is 0 Å². The molecule has 4 nitrogen and oxygen atoms in total. The second kappa shape index (κ2) is 4.21. The molecule has 0 aromatic heterocycles. The highest BCUT2D eigenvalue weighted by Gasteiger charge is 2.19. The number of carbonyl (C=O) groups excluding carboxylic acids is 1. The minimum absolute atomic E-state index is 0.674. The number of nitrogens with zero attached hydrogens (tertiary/aromatic N) is 1. The molecule has 0 fully saturated rings. The van der Waals surface area contributed by atoms with Crippen LogP contribution in [0.5, 0.6) is 0 Å². The van der Waals surface area contributed by atoms with E-state index in [-0.39, 0.29) is 0 Å². The minimum Gasteiger partial charge on any atom is -0.436 e. The second-order valence-electron chi connectivity index (χ2n) is 3.38. The molecule has 2 rings (SSSR count). The van der Waals surface area contributed by atoms with E-state index < -0.39 is 6.16 Å². The monoisotopic (exact) mass is 207 g/mol. The molecule has 0 radical (unpaired) electrons. The summed E-state index contributed by atoms with van der Waals surface area (Å²) in [7, 11) is 1.30. The van der Waals surface area contributed by atoms with Gasteiger partial charge in [0.15, 0.2) is 0 Å². The first-order valence-corrected chi connectivity index (χ1v) is 4.92. The predicted molar refractivity (Wildman–Crippen MR) is 55.6 cm³/mol. The molecule has 1 heterocycles. The minimum atomic E-state index is -0.674. The fraction of sp³-hybridized carbons (Fsp3) is 0.364. The van der Waals surface area contributed by atoms with Gasteiger partial charge >= 0.3 is 6.16 Å². The molecule has 0 aliphatic carbocycles. The number of hydrogen-bond donors (Lipinski definition) is 0. The van der Waals surface area contributed by atoms with Crippen LogP contribution in [0.15, 0.2) is 24.3 Å². The first-order valence-electron chi connectivity index (χ1n) is 4.92. The number of aryl methyl sites for hydroxylation is 1. The van der Waals surface area contributed by atoms with Gasteiger partial charge in [-0.25, -0.2) is 9.86 Å². The van der Waals surface area contributed by atoms with Crippen molar-refractivity contribution in [1.82, 2.24) is 0 Å². The van der Waals surface area contributed by atoms with Gasteiger partial charge in [-0.05, 0) is 24.5 Å². The zero-order chi connectivity index (χ0) is 10.7. The van der Waals surface area contributed by atoms with Crippen molar-refractivity contribution >= 4 is 11.8 Å². The van der Waals surface area contributed by atoms with E-state index in [1.54, 1.807) is 5.06 Å². The molecule has 4 heteroatoms. The van der Waals surface area contributed by atoms with Crippen molar-refractivity contribution < 1.29 is 14.4 Å². The Balaban J connectivity index is 2.18. The summed E-state index contributed by atoms with van der Waals surface area (Å²) in [4.78, 5) is 16.0. The zero-order valence-electron chi connectivity index (χ0n) is 8.60. The van der Waals surface area contributed by atoms with E-state index in [0.717, 1.165) is 18.5 Å². The number of rotatable bonds is 1. The Bertz CT molecular complexity index is 365. The fourth-order valence-corrected chi connectivity index (χ4v) is 1.72. The van der Waals surface area contributed by atoms with Gasteiger partial charge < -0.3 is 9.57 Å². The van der Waals surface area contributed by atoms with Gasteiger partial charge in [-0.2, -0.15) is 0 Å². The summed E-state index contributed by atoms with van der Waals surface area (Å²) < 4.78 is 4.47. The number of fused-ring (bicyclic) bond motifs is 1. The summed E-state index contributed by atoms with van der Waals surface area (Å²) >= 11 is 0. The molecule has 1 aliphatic rings. The molecule has 0 N–H and O–H groups in total. The van der Waals surface area contributed by atoms with E-state index in [0.29, 0.717) is 6.54 Å². The topological polar surface area (TPSA) is 38.8 Å². The maximum Gasteiger partial charge on any atom is 0.533 e. The van der Waals surface area contributed by atoms with Crippen molar-refractivity contribution in [1.29, 1.82) is 0 Å². The van der Waals surface area contributed by atoms with E-state index in [4.69, 9.17) is 4.84 Å². The number of hydroxylamine groups is 1. The maximum absolute atomic E-state index is 11.0. The van der Waals surface area contributed by atoms with Gasteiger partial charge in [0.25, 0.3) is 0 Å². The highest BCUT2D eigenvalue weighted by molar-refractivity contribution is 5.63. The van der Waals surface area contributed by atoms with E-state index in [1.165, 1.54) is 12.7 Å². The lowest BCUT2D eigenvalue weighted by atomic mass is 10.0.